The highest BCUT2D eigenvalue weighted by atomic mass is 14.1. The third-order valence-electron chi connectivity index (χ3n) is 2.63. The van der Waals surface area contributed by atoms with E-state index >= 15 is 0 Å². The maximum absolute atomic E-state index is 2.38. The molecule has 0 saturated heterocycles. The monoisotopic (exact) mass is 172 g/mol. The molecule has 0 spiro atoms. The number of hydrogen-bond acceptors (Lipinski definition) is 0. The molecule has 0 saturated carbocycles. The van der Waals surface area contributed by atoms with E-state index < -0.39 is 0 Å². The molecule has 0 amide bonds. The number of rotatable bonds is 5. The van der Waals surface area contributed by atoms with Gasteiger partial charge in [-0.15, -0.1) is 0 Å². The highest BCUT2D eigenvalue weighted by Gasteiger charge is 2.08. The van der Waals surface area contributed by atoms with E-state index in [1.165, 1.54) is 25.7 Å². The number of unbranched alkanes of at least 4 members (excludes halogenated alkanes) is 1. The van der Waals surface area contributed by atoms with Crippen molar-refractivity contribution in [3.05, 3.63) is 0 Å². The van der Waals surface area contributed by atoms with E-state index in [9.17, 15) is 0 Å². The first-order valence-electron chi connectivity index (χ1n) is 5.72. The lowest BCUT2D eigenvalue weighted by Crippen LogP contribution is -2.06. The first-order valence-corrected chi connectivity index (χ1v) is 5.72. The van der Waals surface area contributed by atoms with Gasteiger partial charge in [-0.1, -0.05) is 67.2 Å². The molecule has 0 aromatic heterocycles. The maximum Gasteiger partial charge on any atom is -0.0417 e. The molecule has 12 heavy (non-hydrogen) atoms. The van der Waals surface area contributed by atoms with Gasteiger partial charge in [0.05, 0.1) is 0 Å². The second-order valence-corrected chi connectivity index (χ2v) is 3.51. The molecule has 2 unspecified atom stereocenters. The summed E-state index contributed by atoms with van der Waals surface area (Å²) in [5.74, 6) is 1.86. The Labute approximate surface area is 79.8 Å². The van der Waals surface area contributed by atoms with Crippen LogP contribution in [-0.2, 0) is 0 Å². The van der Waals surface area contributed by atoms with Crippen LogP contribution in [0.25, 0.3) is 0 Å². The van der Waals surface area contributed by atoms with Crippen LogP contribution in [0.2, 0.25) is 0 Å². The van der Waals surface area contributed by atoms with Crippen molar-refractivity contribution in [1.82, 2.24) is 0 Å². The van der Waals surface area contributed by atoms with Crippen molar-refractivity contribution < 1.29 is 0 Å². The Balaban J connectivity index is 0. The average molecular weight is 172 g/mol. The topological polar surface area (TPSA) is 0 Å². The summed E-state index contributed by atoms with van der Waals surface area (Å²) in [6.07, 6.45) is 5.52. The summed E-state index contributed by atoms with van der Waals surface area (Å²) >= 11 is 0. The zero-order valence-electron chi connectivity index (χ0n) is 9.98. The summed E-state index contributed by atoms with van der Waals surface area (Å²) in [5.41, 5.74) is 0. The molecule has 0 aromatic rings. The first-order chi connectivity index (χ1) is 5.72. The van der Waals surface area contributed by atoms with Gasteiger partial charge in [0, 0.05) is 0 Å². The molecule has 0 bridgehead atoms. The van der Waals surface area contributed by atoms with Crippen LogP contribution in [0.4, 0.5) is 0 Å². The van der Waals surface area contributed by atoms with Gasteiger partial charge < -0.3 is 0 Å². The Morgan fingerprint density at radius 1 is 0.917 bits per heavy atom. The predicted octanol–water partition coefficient (Wildman–Crippen LogP) is 4.89. The molecule has 0 aliphatic rings. The van der Waals surface area contributed by atoms with Crippen molar-refractivity contribution in [2.75, 3.05) is 0 Å². The fraction of sp³-hybridized carbons (Fsp3) is 1.00. The summed E-state index contributed by atoms with van der Waals surface area (Å²) < 4.78 is 0. The van der Waals surface area contributed by atoms with Gasteiger partial charge >= 0.3 is 0 Å². The van der Waals surface area contributed by atoms with Gasteiger partial charge in [-0.05, 0) is 11.8 Å². The van der Waals surface area contributed by atoms with Crippen LogP contribution in [0.15, 0.2) is 0 Å². The lowest BCUT2D eigenvalue weighted by molar-refractivity contribution is 0.346. The van der Waals surface area contributed by atoms with Crippen molar-refractivity contribution in [2.45, 2.75) is 67.2 Å². The summed E-state index contributed by atoms with van der Waals surface area (Å²) in [7, 11) is 0. The minimum absolute atomic E-state index is 0.923. The summed E-state index contributed by atoms with van der Waals surface area (Å²) in [6, 6.07) is 0. The van der Waals surface area contributed by atoms with E-state index in [0.717, 1.165) is 11.8 Å². The molecule has 0 nitrogen and oxygen atoms in total. The minimum atomic E-state index is 0.923. The van der Waals surface area contributed by atoms with Crippen molar-refractivity contribution >= 4 is 0 Å². The maximum atomic E-state index is 2.38. The van der Waals surface area contributed by atoms with Crippen LogP contribution in [0.5, 0.6) is 0 Å². The average Bonchev–Trinajstić information content (AvgIpc) is 2.16. The van der Waals surface area contributed by atoms with Gasteiger partial charge in [-0.3, -0.25) is 0 Å². The third kappa shape index (κ3) is 8.10. The van der Waals surface area contributed by atoms with Crippen molar-refractivity contribution in [3.8, 4) is 0 Å². The van der Waals surface area contributed by atoms with Crippen LogP contribution in [0.1, 0.15) is 67.2 Å². The van der Waals surface area contributed by atoms with Crippen LogP contribution in [0, 0.1) is 11.8 Å². The van der Waals surface area contributed by atoms with E-state index in [-0.39, 0.29) is 0 Å². The second-order valence-electron chi connectivity index (χ2n) is 3.51. The molecule has 0 heteroatoms. The molecule has 0 aliphatic heterocycles. The van der Waals surface area contributed by atoms with E-state index in [1.54, 1.807) is 0 Å². The van der Waals surface area contributed by atoms with Crippen molar-refractivity contribution in [1.29, 1.82) is 0 Å². The van der Waals surface area contributed by atoms with Gasteiger partial charge in [0.25, 0.3) is 0 Å². The summed E-state index contributed by atoms with van der Waals surface area (Å²) in [6.45, 7) is 13.3. The van der Waals surface area contributed by atoms with Crippen LogP contribution in [0.3, 0.4) is 0 Å². The SMILES string of the molecule is CC.CCCCC(C)C(C)CC. The fourth-order valence-corrected chi connectivity index (χ4v) is 1.21. The molecule has 0 rings (SSSR count). The van der Waals surface area contributed by atoms with E-state index in [1.807, 2.05) is 13.8 Å². The lowest BCUT2D eigenvalue weighted by atomic mass is 9.89. The Kier molecular flexibility index (Phi) is 13.3. The molecule has 2 atom stereocenters. The van der Waals surface area contributed by atoms with E-state index in [2.05, 4.69) is 27.7 Å². The van der Waals surface area contributed by atoms with Crippen LogP contribution >= 0.6 is 0 Å². The van der Waals surface area contributed by atoms with Gasteiger partial charge in [-0.2, -0.15) is 0 Å². The Hall–Kier alpha value is 0. The fourth-order valence-electron chi connectivity index (χ4n) is 1.21. The standard InChI is InChI=1S/C10H22.C2H6/c1-5-7-8-10(4)9(3)6-2;1-2/h9-10H,5-8H2,1-4H3;1-2H3. The third-order valence-corrected chi connectivity index (χ3v) is 2.63. The van der Waals surface area contributed by atoms with Crippen LogP contribution in [-0.4, -0.2) is 0 Å². The van der Waals surface area contributed by atoms with Crippen molar-refractivity contribution in [3.63, 3.8) is 0 Å². The smallest absolute Gasteiger partial charge is 0.0417 e. The molecule has 0 heterocycles. The van der Waals surface area contributed by atoms with E-state index in [4.69, 9.17) is 0 Å². The molecular weight excluding hydrogens is 144 g/mol. The molecule has 76 valence electrons. The largest absolute Gasteiger partial charge is 0.0683 e. The quantitative estimate of drug-likeness (QED) is 0.554. The Morgan fingerprint density at radius 2 is 1.42 bits per heavy atom. The molecule has 0 fully saturated rings. The summed E-state index contributed by atoms with van der Waals surface area (Å²) in [4.78, 5) is 0. The molecule has 0 aliphatic carbocycles. The normalized spacial score (nSPS) is 14.5. The van der Waals surface area contributed by atoms with Gasteiger partial charge in [0.2, 0.25) is 0 Å². The second kappa shape index (κ2) is 11.0. The van der Waals surface area contributed by atoms with Gasteiger partial charge in [0.1, 0.15) is 0 Å². The zero-order chi connectivity index (χ0) is 9.98. The first kappa shape index (κ1) is 14.5. The highest BCUT2D eigenvalue weighted by Crippen LogP contribution is 2.19. The van der Waals surface area contributed by atoms with Gasteiger partial charge in [-0.25, -0.2) is 0 Å². The predicted molar refractivity (Wildman–Crippen MR) is 59.5 cm³/mol. The van der Waals surface area contributed by atoms with Crippen molar-refractivity contribution in [2.24, 2.45) is 11.8 Å². The molecule has 0 aromatic carbocycles. The van der Waals surface area contributed by atoms with E-state index in [0.29, 0.717) is 0 Å². The molecule has 0 radical (unpaired) electrons. The highest BCUT2D eigenvalue weighted by molar-refractivity contribution is 4.59. The van der Waals surface area contributed by atoms with Crippen LogP contribution < -0.4 is 0 Å². The molecule has 0 N–H and O–H groups in total. The van der Waals surface area contributed by atoms with Gasteiger partial charge in [0.15, 0.2) is 0 Å². The Bertz CT molecular complexity index is 66.4. The number of hydrogen-bond donors (Lipinski definition) is 0. The zero-order valence-corrected chi connectivity index (χ0v) is 9.98. The lowest BCUT2D eigenvalue weighted by Gasteiger charge is -2.17. The Morgan fingerprint density at radius 3 is 1.75 bits per heavy atom. The summed E-state index contributed by atoms with van der Waals surface area (Å²) in [5, 5.41) is 0. The molecular formula is C12H28. The minimum Gasteiger partial charge on any atom is -0.0683 e.